The summed E-state index contributed by atoms with van der Waals surface area (Å²) in [6, 6.07) is 7.33. The first-order valence-electron chi connectivity index (χ1n) is 10.5. The van der Waals surface area contributed by atoms with Crippen LogP contribution in [0.4, 0.5) is 0 Å². The van der Waals surface area contributed by atoms with Crippen molar-refractivity contribution in [3.8, 4) is 11.5 Å². The Kier molecular flexibility index (Phi) is 6.08. The normalized spacial score (nSPS) is 22.6. The second-order valence-corrected chi connectivity index (χ2v) is 8.02. The molecule has 3 amide bonds. The number of amides is 3. The molecule has 0 spiro atoms. The van der Waals surface area contributed by atoms with E-state index in [0.717, 1.165) is 0 Å². The van der Waals surface area contributed by atoms with Gasteiger partial charge in [-0.3, -0.25) is 19.3 Å². The number of rotatable bonds is 4. The van der Waals surface area contributed by atoms with E-state index in [-0.39, 0.29) is 30.2 Å². The van der Waals surface area contributed by atoms with Crippen molar-refractivity contribution in [1.29, 1.82) is 0 Å². The van der Waals surface area contributed by atoms with Crippen LogP contribution >= 0.6 is 0 Å². The number of nitrogens with two attached hydrogens (primary N) is 1. The number of primary amides is 1. The van der Waals surface area contributed by atoms with E-state index in [1.165, 1.54) is 0 Å². The predicted octanol–water partition coefficient (Wildman–Crippen LogP) is -0.305. The third-order valence-electron chi connectivity index (χ3n) is 6.08. The summed E-state index contributed by atoms with van der Waals surface area (Å²) in [6.07, 6.45) is 0.630. The number of carbonyl (C=O) groups is 3. The molecule has 0 unspecified atom stereocenters. The van der Waals surface area contributed by atoms with Crippen molar-refractivity contribution in [2.24, 2.45) is 11.7 Å². The number of piperidine rings is 1. The van der Waals surface area contributed by atoms with Crippen LogP contribution in [0, 0.1) is 5.92 Å². The van der Waals surface area contributed by atoms with Crippen molar-refractivity contribution in [2.75, 3.05) is 52.4 Å². The zero-order valence-electron chi connectivity index (χ0n) is 17.0. The lowest BCUT2D eigenvalue weighted by Gasteiger charge is -2.38. The highest BCUT2D eigenvalue weighted by atomic mass is 16.6. The van der Waals surface area contributed by atoms with Crippen molar-refractivity contribution in [3.63, 3.8) is 0 Å². The Morgan fingerprint density at radius 1 is 0.933 bits per heavy atom. The molecule has 2 fully saturated rings. The fourth-order valence-electron chi connectivity index (χ4n) is 4.18. The third kappa shape index (κ3) is 4.51. The zero-order chi connectivity index (χ0) is 21.1. The van der Waals surface area contributed by atoms with Gasteiger partial charge in [-0.1, -0.05) is 12.1 Å². The quantitative estimate of drug-likeness (QED) is 0.722. The van der Waals surface area contributed by atoms with Crippen molar-refractivity contribution in [3.05, 3.63) is 24.3 Å². The van der Waals surface area contributed by atoms with Crippen LogP contribution in [0.5, 0.6) is 11.5 Å². The van der Waals surface area contributed by atoms with Crippen LogP contribution in [0.3, 0.4) is 0 Å². The Morgan fingerprint density at radius 2 is 1.60 bits per heavy atom. The zero-order valence-corrected chi connectivity index (χ0v) is 17.0. The third-order valence-corrected chi connectivity index (χ3v) is 6.08. The van der Waals surface area contributed by atoms with E-state index in [1.54, 1.807) is 11.0 Å². The minimum absolute atomic E-state index is 0.0679. The average molecular weight is 416 g/mol. The molecular weight excluding hydrogens is 388 g/mol. The molecule has 1 atom stereocenters. The van der Waals surface area contributed by atoms with E-state index >= 15 is 0 Å². The van der Waals surface area contributed by atoms with Gasteiger partial charge in [0.25, 0.3) is 5.91 Å². The molecule has 2 N–H and O–H groups in total. The molecule has 9 nitrogen and oxygen atoms in total. The first-order chi connectivity index (χ1) is 14.5. The fraction of sp³-hybridized carbons (Fsp3) is 0.571. The monoisotopic (exact) mass is 416 g/mol. The molecule has 3 aliphatic heterocycles. The molecule has 3 heterocycles. The van der Waals surface area contributed by atoms with Gasteiger partial charge in [0, 0.05) is 45.2 Å². The summed E-state index contributed by atoms with van der Waals surface area (Å²) in [5.41, 5.74) is 5.35. The number of piperazine rings is 1. The molecule has 0 radical (unpaired) electrons. The van der Waals surface area contributed by atoms with Crippen LogP contribution in [0.1, 0.15) is 12.8 Å². The van der Waals surface area contributed by atoms with Crippen LogP contribution < -0.4 is 15.2 Å². The number of ether oxygens (including phenoxy) is 2. The lowest BCUT2D eigenvalue weighted by atomic mass is 9.96. The number of benzene rings is 1. The van der Waals surface area contributed by atoms with Gasteiger partial charge < -0.3 is 25.0 Å². The molecule has 2 saturated heterocycles. The standard InChI is InChI=1S/C21H28N4O5/c22-20(27)15-5-7-24(8-6-15)19(26)13-23-9-11-25(12-10-23)21(28)18-14-29-16-3-1-2-4-17(16)30-18/h1-4,15,18H,5-14H2,(H2,22,27)/t18-/m0/s1. The van der Waals surface area contributed by atoms with E-state index in [1.807, 2.05) is 23.1 Å². The van der Waals surface area contributed by atoms with Crippen LogP contribution in [-0.4, -0.2) is 90.9 Å². The minimum Gasteiger partial charge on any atom is -0.485 e. The maximum atomic E-state index is 12.8. The molecule has 3 aliphatic rings. The van der Waals surface area contributed by atoms with Crippen molar-refractivity contribution in [2.45, 2.75) is 18.9 Å². The maximum Gasteiger partial charge on any atom is 0.267 e. The summed E-state index contributed by atoms with van der Waals surface area (Å²) in [4.78, 5) is 42.3. The smallest absolute Gasteiger partial charge is 0.267 e. The first-order valence-corrected chi connectivity index (χ1v) is 10.5. The maximum absolute atomic E-state index is 12.8. The largest absolute Gasteiger partial charge is 0.485 e. The summed E-state index contributed by atoms with van der Waals surface area (Å²) < 4.78 is 11.5. The van der Waals surface area contributed by atoms with E-state index in [4.69, 9.17) is 15.2 Å². The van der Waals surface area contributed by atoms with Crippen molar-refractivity contribution in [1.82, 2.24) is 14.7 Å². The van der Waals surface area contributed by atoms with E-state index in [0.29, 0.717) is 70.2 Å². The number of fused-ring (bicyclic) bond motifs is 1. The van der Waals surface area contributed by atoms with E-state index in [9.17, 15) is 14.4 Å². The van der Waals surface area contributed by atoms with Gasteiger partial charge in [-0.05, 0) is 25.0 Å². The van der Waals surface area contributed by atoms with Crippen LogP contribution in [-0.2, 0) is 14.4 Å². The lowest BCUT2D eigenvalue weighted by Crippen LogP contribution is -2.55. The molecule has 30 heavy (non-hydrogen) atoms. The molecule has 1 aromatic carbocycles. The molecule has 0 saturated carbocycles. The molecule has 0 aliphatic carbocycles. The van der Waals surface area contributed by atoms with Gasteiger partial charge in [-0.25, -0.2) is 0 Å². The Hall–Kier alpha value is -2.81. The number of carbonyl (C=O) groups excluding carboxylic acids is 3. The summed E-state index contributed by atoms with van der Waals surface area (Å²) in [5.74, 6) is 0.832. The van der Waals surface area contributed by atoms with Crippen LogP contribution in [0.2, 0.25) is 0 Å². The summed E-state index contributed by atoms with van der Waals surface area (Å²) >= 11 is 0. The van der Waals surface area contributed by atoms with Crippen molar-refractivity contribution >= 4 is 17.7 Å². The summed E-state index contributed by atoms with van der Waals surface area (Å²) in [6.45, 7) is 4.07. The van der Waals surface area contributed by atoms with Crippen LogP contribution in [0.25, 0.3) is 0 Å². The Balaban J connectivity index is 1.22. The average Bonchev–Trinajstić information content (AvgIpc) is 2.79. The van der Waals surface area contributed by atoms with Gasteiger partial charge in [-0.15, -0.1) is 0 Å². The topological polar surface area (TPSA) is 105 Å². The molecule has 0 aromatic heterocycles. The highest BCUT2D eigenvalue weighted by Crippen LogP contribution is 2.31. The van der Waals surface area contributed by atoms with Gasteiger partial charge >= 0.3 is 0 Å². The SMILES string of the molecule is NC(=O)C1CCN(C(=O)CN2CCN(C(=O)[C@@H]3COc4ccccc4O3)CC2)CC1. The fourth-order valence-corrected chi connectivity index (χ4v) is 4.18. The number of hydrogen-bond donors (Lipinski definition) is 1. The van der Waals surface area contributed by atoms with E-state index in [2.05, 4.69) is 4.90 Å². The minimum atomic E-state index is -0.639. The highest BCUT2D eigenvalue weighted by molar-refractivity contribution is 5.82. The second kappa shape index (κ2) is 8.91. The molecule has 1 aromatic rings. The Morgan fingerprint density at radius 3 is 2.27 bits per heavy atom. The molecule has 0 bridgehead atoms. The number of hydrogen-bond acceptors (Lipinski definition) is 6. The van der Waals surface area contributed by atoms with Gasteiger partial charge in [0.05, 0.1) is 6.54 Å². The number of nitrogens with zero attached hydrogens (tertiary/aromatic N) is 3. The summed E-state index contributed by atoms with van der Waals surface area (Å²) in [7, 11) is 0. The Labute approximate surface area is 175 Å². The number of likely N-dealkylation sites (tertiary alicyclic amines) is 1. The molecule has 4 rings (SSSR count). The van der Waals surface area contributed by atoms with Crippen LogP contribution in [0.15, 0.2) is 24.3 Å². The van der Waals surface area contributed by atoms with Gasteiger partial charge in [0.1, 0.15) is 6.61 Å². The highest BCUT2D eigenvalue weighted by Gasteiger charge is 2.33. The number of para-hydroxylation sites is 2. The second-order valence-electron chi connectivity index (χ2n) is 8.02. The lowest BCUT2D eigenvalue weighted by molar-refractivity contribution is -0.143. The Bertz CT molecular complexity index is 800. The van der Waals surface area contributed by atoms with Crippen molar-refractivity contribution < 1.29 is 23.9 Å². The summed E-state index contributed by atoms with van der Waals surface area (Å²) in [5, 5.41) is 0. The van der Waals surface area contributed by atoms with Gasteiger partial charge in [0.15, 0.2) is 11.5 Å². The molecular formula is C21H28N4O5. The molecule has 162 valence electrons. The van der Waals surface area contributed by atoms with E-state index < -0.39 is 6.10 Å². The molecule has 9 heteroatoms. The van der Waals surface area contributed by atoms with Gasteiger partial charge in [-0.2, -0.15) is 0 Å². The first kappa shape index (κ1) is 20.5. The van der Waals surface area contributed by atoms with Gasteiger partial charge in [0.2, 0.25) is 17.9 Å². The predicted molar refractivity (Wildman–Crippen MR) is 108 cm³/mol.